The van der Waals surface area contributed by atoms with Gasteiger partial charge in [-0.25, -0.2) is 9.59 Å². The van der Waals surface area contributed by atoms with Crippen molar-refractivity contribution in [1.29, 1.82) is 0 Å². The van der Waals surface area contributed by atoms with Crippen LogP contribution in [0.25, 0.3) is 0 Å². The smallest absolute Gasteiger partial charge is 0.343 e. The van der Waals surface area contributed by atoms with E-state index in [1.54, 1.807) is 12.1 Å². The van der Waals surface area contributed by atoms with Crippen LogP contribution in [0.4, 0.5) is 5.69 Å². The van der Waals surface area contributed by atoms with Gasteiger partial charge in [-0.1, -0.05) is 36.4 Å². The number of nitro groups is 1. The molecule has 29 heavy (non-hydrogen) atoms. The largest absolute Gasteiger partial charge is 0.462 e. The standard InChI is InChI=1S/C22H17NO6/c24-21(28-14-13-16-5-2-1-3-6-16)18-7-4-8-20(15-18)29-22(25)17-9-11-19(12-10-17)23(26)27/h1-12,15H,13-14H2. The third kappa shape index (κ3) is 5.49. The van der Waals surface area contributed by atoms with Crippen molar-refractivity contribution in [2.24, 2.45) is 0 Å². The second-order valence-corrected chi connectivity index (χ2v) is 6.09. The molecule has 0 radical (unpaired) electrons. The molecule has 0 saturated heterocycles. The van der Waals surface area contributed by atoms with Gasteiger partial charge in [0.1, 0.15) is 5.75 Å². The van der Waals surface area contributed by atoms with Crippen molar-refractivity contribution < 1.29 is 24.0 Å². The summed E-state index contributed by atoms with van der Waals surface area (Å²) in [5.74, 6) is -1.03. The SMILES string of the molecule is O=C(OCCc1ccccc1)c1cccc(OC(=O)c2ccc([N+](=O)[O-])cc2)c1. The lowest BCUT2D eigenvalue weighted by Crippen LogP contribution is -2.11. The first-order chi connectivity index (χ1) is 14.0. The molecule has 0 saturated carbocycles. The van der Waals surface area contributed by atoms with Crippen LogP contribution in [0, 0.1) is 10.1 Å². The first-order valence-electron chi connectivity index (χ1n) is 8.81. The molecule has 0 spiro atoms. The predicted octanol–water partition coefficient (Wildman–Crippen LogP) is 4.21. The van der Waals surface area contributed by atoms with Crippen LogP contribution in [0.5, 0.6) is 5.75 Å². The minimum Gasteiger partial charge on any atom is -0.462 e. The van der Waals surface area contributed by atoms with Gasteiger partial charge in [-0.05, 0) is 35.9 Å². The quantitative estimate of drug-likeness (QED) is 0.259. The van der Waals surface area contributed by atoms with Gasteiger partial charge in [0, 0.05) is 18.6 Å². The van der Waals surface area contributed by atoms with E-state index in [9.17, 15) is 19.7 Å². The Labute approximate surface area is 166 Å². The van der Waals surface area contributed by atoms with E-state index in [1.807, 2.05) is 30.3 Å². The number of nitro benzene ring substituents is 1. The predicted molar refractivity (Wildman–Crippen MR) is 105 cm³/mol. The molecule has 0 atom stereocenters. The summed E-state index contributed by atoms with van der Waals surface area (Å²) < 4.78 is 10.5. The van der Waals surface area contributed by atoms with Crippen LogP contribution in [-0.4, -0.2) is 23.5 Å². The number of carbonyl (C=O) groups excluding carboxylic acids is 2. The van der Waals surface area contributed by atoms with E-state index in [1.165, 1.54) is 36.4 Å². The van der Waals surface area contributed by atoms with Crippen molar-refractivity contribution in [2.45, 2.75) is 6.42 Å². The van der Waals surface area contributed by atoms with Gasteiger partial charge >= 0.3 is 11.9 Å². The summed E-state index contributed by atoms with van der Waals surface area (Å²) in [6, 6.07) is 20.8. The zero-order chi connectivity index (χ0) is 20.6. The van der Waals surface area contributed by atoms with Gasteiger partial charge in [0.15, 0.2) is 0 Å². The van der Waals surface area contributed by atoms with Gasteiger partial charge in [-0.2, -0.15) is 0 Å². The number of hydrogen-bond acceptors (Lipinski definition) is 6. The van der Waals surface area contributed by atoms with Gasteiger partial charge in [0.2, 0.25) is 0 Å². The Morgan fingerprint density at radius 3 is 2.24 bits per heavy atom. The number of ether oxygens (including phenoxy) is 2. The van der Waals surface area contributed by atoms with E-state index >= 15 is 0 Å². The highest BCUT2D eigenvalue weighted by Crippen LogP contribution is 2.18. The van der Waals surface area contributed by atoms with Crippen LogP contribution in [0.15, 0.2) is 78.9 Å². The monoisotopic (exact) mass is 391 g/mol. The van der Waals surface area contributed by atoms with Crippen LogP contribution in [-0.2, 0) is 11.2 Å². The van der Waals surface area contributed by atoms with E-state index in [0.29, 0.717) is 6.42 Å². The topological polar surface area (TPSA) is 95.7 Å². The number of esters is 2. The number of benzene rings is 3. The third-order valence-corrected chi connectivity index (χ3v) is 4.06. The fourth-order valence-corrected chi connectivity index (χ4v) is 2.56. The Balaban J connectivity index is 1.59. The second-order valence-electron chi connectivity index (χ2n) is 6.09. The van der Waals surface area contributed by atoms with Crippen molar-refractivity contribution in [2.75, 3.05) is 6.61 Å². The summed E-state index contributed by atoms with van der Waals surface area (Å²) in [5, 5.41) is 10.7. The maximum Gasteiger partial charge on any atom is 0.343 e. The lowest BCUT2D eigenvalue weighted by Gasteiger charge is -2.08. The molecule has 0 N–H and O–H groups in total. The molecule has 146 valence electrons. The molecule has 3 aromatic rings. The molecule has 0 aliphatic rings. The van der Waals surface area contributed by atoms with E-state index in [4.69, 9.17) is 9.47 Å². The van der Waals surface area contributed by atoms with Crippen molar-refractivity contribution >= 4 is 17.6 Å². The number of hydrogen-bond donors (Lipinski definition) is 0. The van der Waals surface area contributed by atoms with Gasteiger partial charge in [-0.3, -0.25) is 10.1 Å². The lowest BCUT2D eigenvalue weighted by molar-refractivity contribution is -0.384. The van der Waals surface area contributed by atoms with Gasteiger partial charge in [-0.15, -0.1) is 0 Å². The van der Waals surface area contributed by atoms with Crippen molar-refractivity contribution in [3.05, 3.63) is 106 Å². The molecule has 3 rings (SSSR count). The van der Waals surface area contributed by atoms with Crippen LogP contribution in [0.2, 0.25) is 0 Å². The molecule has 0 aromatic heterocycles. The highest BCUT2D eigenvalue weighted by atomic mass is 16.6. The third-order valence-electron chi connectivity index (χ3n) is 4.06. The molecule has 0 bridgehead atoms. The maximum atomic E-state index is 12.2. The van der Waals surface area contributed by atoms with Crippen LogP contribution >= 0.6 is 0 Å². The Hall–Kier alpha value is -4.00. The zero-order valence-electron chi connectivity index (χ0n) is 15.3. The maximum absolute atomic E-state index is 12.2. The van der Waals surface area contributed by atoms with Gasteiger partial charge in [0.25, 0.3) is 5.69 Å². The minimum atomic E-state index is -0.686. The Morgan fingerprint density at radius 2 is 1.55 bits per heavy atom. The van der Waals surface area contributed by atoms with Gasteiger partial charge < -0.3 is 9.47 Å². The fraction of sp³-hybridized carbons (Fsp3) is 0.0909. The summed E-state index contributed by atoms with van der Waals surface area (Å²) in [7, 11) is 0. The van der Waals surface area contributed by atoms with E-state index in [2.05, 4.69) is 0 Å². The average Bonchev–Trinajstić information content (AvgIpc) is 2.74. The fourth-order valence-electron chi connectivity index (χ4n) is 2.56. The minimum absolute atomic E-state index is 0.123. The molecule has 7 heteroatoms. The molecule has 0 fully saturated rings. The second kappa shape index (κ2) is 9.27. The molecule has 0 unspecified atom stereocenters. The summed E-state index contributed by atoms with van der Waals surface area (Å²) in [6.45, 7) is 0.232. The van der Waals surface area contributed by atoms with Crippen LogP contribution < -0.4 is 4.74 Å². The van der Waals surface area contributed by atoms with Crippen LogP contribution in [0.1, 0.15) is 26.3 Å². The number of rotatable bonds is 7. The Kier molecular flexibility index (Phi) is 6.32. The summed E-state index contributed by atoms with van der Waals surface area (Å²) in [6.07, 6.45) is 0.599. The number of carbonyl (C=O) groups is 2. The molecule has 0 aliphatic heterocycles. The van der Waals surface area contributed by atoms with E-state index in [0.717, 1.165) is 5.56 Å². The molecule has 0 amide bonds. The number of nitrogens with zero attached hydrogens (tertiary/aromatic N) is 1. The Bertz CT molecular complexity index is 1010. The number of non-ortho nitro benzene ring substituents is 1. The normalized spacial score (nSPS) is 10.2. The molecule has 7 nitrogen and oxygen atoms in total. The molecule has 0 heterocycles. The molecular weight excluding hydrogens is 374 g/mol. The van der Waals surface area contributed by atoms with Crippen molar-refractivity contribution in [3.8, 4) is 5.75 Å². The zero-order valence-corrected chi connectivity index (χ0v) is 15.3. The average molecular weight is 391 g/mol. The first kappa shape index (κ1) is 19.8. The van der Waals surface area contributed by atoms with E-state index < -0.39 is 16.9 Å². The highest BCUT2D eigenvalue weighted by molar-refractivity contribution is 5.92. The Morgan fingerprint density at radius 1 is 0.828 bits per heavy atom. The molecule has 3 aromatic carbocycles. The van der Waals surface area contributed by atoms with E-state index in [-0.39, 0.29) is 29.2 Å². The van der Waals surface area contributed by atoms with Crippen LogP contribution in [0.3, 0.4) is 0 Å². The highest BCUT2D eigenvalue weighted by Gasteiger charge is 2.13. The summed E-state index contributed by atoms with van der Waals surface area (Å²) in [4.78, 5) is 34.5. The van der Waals surface area contributed by atoms with Crippen molar-refractivity contribution in [3.63, 3.8) is 0 Å². The molecular formula is C22H17NO6. The summed E-state index contributed by atoms with van der Waals surface area (Å²) in [5.41, 5.74) is 1.35. The molecule has 0 aliphatic carbocycles. The first-order valence-corrected chi connectivity index (χ1v) is 8.81. The summed E-state index contributed by atoms with van der Waals surface area (Å²) >= 11 is 0. The van der Waals surface area contributed by atoms with Gasteiger partial charge in [0.05, 0.1) is 22.7 Å². The lowest BCUT2D eigenvalue weighted by atomic mass is 10.2. The van der Waals surface area contributed by atoms with Crippen molar-refractivity contribution in [1.82, 2.24) is 0 Å².